The Morgan fingerprint density at radius 1 is 1.11 bits per heavy atom. The van der Waals surface area contributed by atoms with Crippen LogP contribution in [0.25, 0.3) is 10.9 Å². The monoisotopic (exact) mass is 381 g/mol. The molecule has 0 atom stereocenters. The van der Waals surface area contributed by atoms with Gasteiger partial charge in [-0.25, -0.2) is 0 Å². The number of fused-ring (bicyclic) bond motifs is 1. The Labute approximate surface area is 163 Å². The number of carbonyl (C=O) groups excluding carboxylic acids is 1. The van der Waals surface area contributed by atoms with Crippen LogP contribution >= 0.6 is 0 Å². The SMILES string of the molecule is COc1ccc(CN(C)C(=O)c2nn(C)c3ccc(C)cc3c2=O)cc1OC. The standard InChI is InChI=1S/C21H23N3O4/c1-13-6-8-16-15(10-13)20(25)19(22-24(16)3)21(26)23(2)12-14-7-9-17(27-4)18(11-14)28-5/h6-11H,12H2,1-5H3. The predicted octanol–water partition coefficient (Wildman–Crippen LogP) is 2.53. The van der Waals surface area contributed by atoms with Crippen molar-refractivity contribution in [2.45, 2.75) is 13.5 Å². The van der Waals surface area contributed by atoms with Crippen LogP contribution in [0, 0.1) is 6.92 Å². The summed E-state index contributed by atoms with van der Waals surface area (Å²) in [6.45, 7) is 2.21. The van der Waals surface area contributed by atoms with Crippen LogP contribution in [0.15, 0.2) is 41.2 Å². The minimum absolute atomic E-state index is 0.0939. The maximum atomic E-state index is 12.9. The van der Waals surface area contributed by atoms with Gasteiger partial charge in [0.1, 0.15) is 0 Å². The second-order valence-electron chi connectivity index (χ2n) is 6.67. The molecule has 3 rings (SSSR count). The van der Waals surface area contributed by atoms with Gasteiger partial charge < -0.3 is 14.4 Å². The first-order valence-electron chi connectivity index (χ1n) is 8.79. The fraction of sp³-hybridized carbons (Fsp3) is 0.286. The highest BCUT2D eigenvalue weighted by Crippen LogP contribution is 2.28. The molecular weight excluding hydrogens is 358 g/mol. The lowest BCUT2D eigenvalue weighted by Gasteiger charge is -2.18. The number of benzene rings is 2. The van der Waals surface area contributed by atoms with Gasteiger partial charge >= 0.3 is 0 Å². The number of aryl methyl sites for hydroxylation is 2. The number of amides is 1. The van der Waals surface area contributed by atoms with Crippen LogP contribution in [0.5, 0.6) is 11.5 Å². The van der Waals surface area contributed by atoms with Crippen LogP contribution in [0.4, 0.5) is 0 Å². The number of hydrogen-bond acceptors (Lipinski definition) is 5. The van der Waals surface area contributed by atoms with E-state index in [1.54, 1.807) is 51.2 Å². The number of nitrogens with zero attached hydrogens (tertiary/aromatic N) is 3. The van der Waals surface area contributed by atoms with Crippen molar-refractivity contribution in [1.29, 1.82) is 0 Å². The Bertz CT molecular complexity index is 1100. The first-order chi connectivity index (χ1) is 13.3. The number of aromatic nitrogens is 2. The van der Waals surface area contributed by atoms with Gasteiger partial charge in [-0.15, -0.1) is 0 Å². The summed E-state index contributed by atoms with van der Waals surface area (Å²) < 4.78 is 12.1. The molecule has 0 aliphatic rings. The van der Waals surface area contributed by atoms with Crippen molar-refractivity contribution in [2.24, 2.45) is 7.05 Å². The van der Waals surface area contributed by atoms with Crippen LogP contribution in [0.3, 0.4) is 0 Å². The van der Waals surface area contributed by atoms with Crippen molar-refractivity contribution in [2.75, 3.05) is 21.3 Å². The molecule has 0 saturated heterocycles. The van der Waals surface area contributed by atoms with E-state index in [2.05, 4.69) is 5.10 Å². The maximum absolute atomic E-state index is 12.9. The highest BCUT2D eigenvalue weighted by Gasteiger charge is 2.21. The normalized spacial score (nSPS) is 10.8. The van der Waals surface area contributed by atoms with Crippen molar-refractivity contribution in [1.82, 2.24) is 14.7 Å². The summed E-state index contributed by atoms with van der Waals surface area (Å²) in [6, 6.07) is 11.0. The topological polar surface area (TPSA) is 73.7 Å². The van der Waals surface area contributed by atoms with E-state index < -0.39 is 5.91 Å². The zero-order valence-electron chi connectivity index (χ0n) is 16.6. The maximum Gasteiger partial charge on any atom is 0.278 e. The molecule has 0 aliphatic carbocycles. The molecular formula is C21H23N3O4. The van der Waals surface area contributed by atoms with Gasteiger partial charge in [-0.05, 0) is 36.8 Å². The molecule has 3 aromatic rings. The highest BCUT2D eigenvalue weighted by atomic mass is 16.5. The van der Waals surface area contributed by atoms with Gasteiger partial charge in [0, 0.05) is 20.6 Å². The Morgan fingerprint density at radius 3 is 2.50 bits per heavy atom. The summed E-state index contributed by atoms with van der Waals surface area (Å²) >= 11 is 0. The molecule has 0 radical (unpaired) electrons. The van der Waals surface area contributed by atoms with E-state index in [1.165, 1.54) is 4.90 Å². The van der Waals surface area contributed by atoms with Crippen molar-refractivity contribution in [3.63, 3.8) is 0 Å². The van der Waals surface area contributed by atoms with Crippen molar-refractivity contribution in [3.05, 3.63) is 63.4 Å². The average molecular weight is 381 g/mol. The van der Waals surface area contributed by atoms with Gasteiger partial charge in [0.25, 0.3) is 5.91 Å². The second kappa shape index (κ2) is 7.72. The summed E-state index contributed by atoms with van der Waals surface area (Å²) in [6.07, 6.45) is 0. The van der Waals surface area contributed by atoms with Crippen LogP contribution in [0.1, 0.15) is 21.6 Å². The highest BCUT2D eigenvalue weighted by molar-refractivity contribution is 5.95. The zero-order valence-corrected chi connectivity index (χ0v) is 16.6. The van der Waals surface area contributed by atoms with Gasteiger partial charge in [0.2, 0.25) is 5.43 Å². The third-order valence-electron chi connectivity index (χ3n) is 4.63. The molecule has 0 spiro atoms. The molecule has 7 nitrogen and oxygen atoms in total. The minimum atomic E-state index is -0.432. The van der Waals surface area contributed by atoms with Crippen molar-refractivity contribution >= 4 is 16.8 Å². The molecule has 0 N–H and O–H groups in total. The molecule has 0 aliphatic heterocycles. The van der Waals surface area contributed by atoms with E-state index in [-0.39, 0.29) is 11.1 Å². The molecule has 0 bridgehead atoms. The van der Waals surface area contributed by atoms with Crippen LogP contribution in [-0.2, 0) is 13.6 Å². The van der Waals surface area contributed by atoms with Crippen LogP contribution in [-0.4, -0.2) is 41.9 Å². The van der Waals surface area contributed by atoms with Crippen LogP contribution < -0.4 is 14.9 Å². The lowest BCUT2D eigenvalue weighted by atomic mass is 10.1. The van der Waals surface area contributed by atoms with E-state index in [4.69, 9.17) is 9.47 Å². The number of rotatable bonds is 5. The van der Waals surface area contributed by atoms with E-state index in [0.29, 0.717) is 28.9 Å². The third-order valence-corrected chi connectivity index (χ3v) is 4.63. The summed E-state index contributed by atoms with van der Waals surface area (Å²) in [4.78, 5) is 27.2. The van der Waals surface area contributed by atoms with Gasteiger partial charge in [-0.1, -0.05) is 17.7 Å². The van der Waals surface area contributed by atoms with E-state index in [9.17, 15) is 9.59 Å². The summed E-state index contributed by atoms with van der Waals surface area (Å²) in [5.41, 5.74) is 2.04. The van der Waals surface area contributed by atoms with Gasteiger partial charge in [-0.2, -0.15) is 5.10 Å². The Kier molecular flexibility index (Phi) is 5.35. The molecule has 1 heterocycles. The number of ether oxygens (including phenoxy) is 2. The molecule has 2 aromatic carbocycles. The van der Waals surface area contributed by atoms with Crippen molar-refractivity contribution in [3.8, 4) is 11.5 Å². The molecule has 1 amide bonds. The predicted molar refractivity (Wildman–Crippen MR) is 107 cm³/mol. The molecule has 0 fully saturated rings. The Morgan fingerprint density at radius 2 is 1.82 bits per heavy atom. The average Bonchev–Trinajstić information content (AvgIpc) is 2.69. The molecule has 146 valence electrons. The molecule has 7 heteroatoms. The lowest BCUT2D eigenvalue weighted by molar-refractivity contribution is 0.0775. The zero-order chi connectivity index (χ0) is 20.4. The second-order valence-corrected chi connectivity index (χ2v) is 6.67. The fourth-order valence-corrected chi connectivity index (χ4v) is 3.14. The van der Waals surface area contributed by atoms with Crippen molar-refractivity contribution < 1.29 is 14.3 Å². The smallest absolute Gasteiger partial charge is 0.278 e. The largest absolute Gasteiger partial charge is 0.493 e. The van der Waals surface area contributed by atoms with E-state index >= 15 is 0 Å². The fourth-order valence-electron chi connectivity index (χ4n) is 3.14. The van der Waals surface area contributed by atoms with Gasteiger partial charge in [-0.3, -0.25) is 14.3 Å². The van der Waals surface area contributed by atoms with E-state index in [0.717, 1.165) is 11.1 Å². The van der Waals surface area contributed by atoms with Crippen LogP contribution in [0.2, 0.25) is 0 Å². The summed E-state index contributed by atoms with van der Waals surface area (Å²) in [5, 5.41) is 4.71. The first kappa shape index (κ1) is 19.4. The van der Waals surface area contributed by atoms with Gasteiger partial charge in [0.05, 0.1) is 25.1 Å². The number of hydrogen-bond donors (Lipinski definition) is 0. The molecule has 0 unspecified atom stereocenters. The third kappa shape index (κ3) is 3.55. The summed E-state index contributed by atoms with van der Waals surface area (Å²) in [7, 11) is 6.49. The number of carbonyl (C=O) groups is 1. The Balaban J connectivity index is 1.94. The number of methoxy groups -OCH3 is 2. The Hall–Kier alpha value is -3.35. The lowest BCUT2D eigenvalue weighted by Crippen LogP contribution is -2.33. The molecule has 28 heavy (non-hydrogen) atoms. The molecule has 1 aromatic heterocycles. The molecule has 0 saturated carbocycles. The van der Waals surface area contributed by atoms with Gasteiger partial charge in [0.15, 0.2) is 17.2 Å². The minimum Gasteiger partial charge on any atom is -0.493 e. The van der Waals surface area contributed by atoms with E-state index in [1.807, 2.05) is 25.1 Å². The summed E-state index contributed by atoms with van der Waals surface area (Å²) in [5.74, 6) is 0.760. The first-order valence-corrected chi connectivity index (χ1v) is 8.79. The quantitative estimate of drug-likeness (QED) is 0.679.